The van der Waals surface area contributed by atoms with Crippen molar-refractivity contribution in [3.05, 3.63) is 23.8 Å². The summed E-state index contributed by atoms with van der Waals surface area (Å²) in [5, 5.41) is 8.70. The maximum Gasteiger partial charge on any atom is 0.354 e. The van der Waals surface area contributed by atoms with Crippen molar-refractivity contribution in [2.24, 2.45) is 0 Å². The van der Waals surface area contributed by atoms with Gasteiger partial charge in [0.1, 0.15) is 6.33 Å². The normalized spacial score (nSPS) is 9.75. The molecule has 12 heavy (non-hydrogen) atoms. The lowest BCUT2D eigenvalue weighted by Crippen LogP contribution is -2.05. The van der Waals surface area contributed by atoms with Crippen molar-refractivity contribution in [2.75, 3.05) is 0 Å². The van der Waals surface area contributed by atoms with Gasteiger partial charge in [0.05, 0.1) is 0 Å². The van der Waals surface area contributed by atoms with Crippen molar-refractivity contribution in [1.29, 1.82) is 0 Å². The molecule has 0 fully saturated rings. The van der Waals surface area contributed by atoms with Crippen molar-refractivity contribution in [1.82, 2.24) is 9.97 Å². The van der Waals surface area contributed by atoms with Crippen LogP contribution in [0.15, 0.2) is 12.5 Å². The van der Waals surface area contributed by atoms with E-state index in [1.54, 1.807) is 6.20 Å². The lowest BCUT2D eigenvalue weighted by molar-refractivity contribution is 0.0689. The molecule has 0 saturated carbocycles. The van der Waals surface area contributed by atoms with Gasteiger partial charge < -0.3 is 5.11 Å². The largest absolute Gasteiger partial charge is 0.477 e. The Balaban J connectivity index is 3.00. The molecule has 64 valence electrons. The molecule has 0 aliphatic heterocycles. The third kappa shape index (κ3) is 1.78. The minimum Gasteiger partial charge on any atom is -0.477 e. The topological polar surface area (TPSA) is 63.1 Å². The van der Waals surface area contributed by atoms with Gasteiger partial charge in [-0.3, -0.25) is 0 Å². The summed E-state index contributed by atoms with van der Waals surface area (Å²) in [5.41, 5.74) is 0.819. The summed E-state index contributed by atoms with van der Waals surface area (Å²) in [6.07, 6.45) is 4.42. The van der Waals surface area contributed by atoms with E-state index in [9.17, 15) is 4.79 Å². The highest BCUT2D eigenvalue weighted by atomic mass is 16.4. The van der Waals surface area contributed by atoms with Gasteiger partial charge >= 0.3 is 5.97 Å². The quantitative estimate of drug-likeness (QED) is 0.731. The molecule has 0 atom stereocenters. The lowest BCUT2D eigenvalue weighted by Gasteiger charge is -2.00. The molecule has 0 saturated heterocycles. The van der Waals surface area contributed by atoms with E-state index in [-0.39, 0.29) is 5.69 Å². The first-order valence-electron chi connectivity index (χ1n) is 3.78. The van der Waals surface area contributed by atoms with Crippen LogP contribution in [0.4, 0.5) is 0 Å². The first kappa shape index (κ1) is 8.64. The average molecular weight is 166 g/mol. The Labute approximate surface area is 70.3 Å². The van der Waals surface area contributed by atoms with Crippen LogP contribution >= 0.6 is 0 Å². The second kappa shape index (κ2) is 3.80. The number of carboxylic acid groups (broad SMARTS) is 1. The Morgan fingerprint density at radius 2 is 2.42 bits per heavy atom. The molecule has 0 amide bonds. The van der Waals surface area contributed by atoms with Crippen LogP contribution < -0.4 is 0 Å². The van der Waals surface area contributed by atoms with Gasteiger partial charge in [-0.15, -0.1) is 0 Å². The van der Waals surface area contributed by atoms with Crippen LogP contribution in [0.1, 0.15) is 29.4 Å². The van der Waals surface area contributed by atoms with Gasteiger partial charge in [-0.2, -0.15) is 0 Å². The second-order valence-corrected chi connectivity index (χ2v) is 2.45. The minimum absolute atomic E-state index is 0.117. The molecule has 0 unspecified atom stereocenters. The Morgan fingerprint density at radius 3 is 3.00 bits per heavy atom. The fourth-order valence-electron chi connectivity index (χ4n) is 1.00. The predicted molar refractivity (Wildman–Crippen MR) is 43.0 cm³/mol. The molecule has 4 nitrogen and oxygen atoms in total. The Hall–Kier alpha value is -1.45. The number of nitrogens with zero attached hydrogens (tertiary/aromatic N) is 2. The van der Waals surface area contributed by atoms with Crippen molar-refractivity contribution in [3.8, 4) is 0 Å². The van der Waals surface area contributed by atoms with Gasteiger partial charge in [0, 0.05) is 11.8 Å². The molecule has 1 heterocycles. The summed E-state index contributed by atoms with van der Waals surface area (Å²) in [6.45, 7) is 1.98. The van der Waals surface area contributed by atoms with E-state index in [0.29, 0.717) is 12.0 Å². The first-order chi connectivity index (χ1) is 5.75. The van der Waals surface area contributed by atoms with Crippen molar-refractivity contribution >= 4 is 5.97 Å². The second-order valence-electron chi connectivity index (χ2n) is 2.45. The smallest absolute Gasteiger partial charge is 0.354 e. The lowest BCUT2D eigenvalue weighted by atomic mass is 10.1. The van der Waals surface area contributed by atoms with Gasteiger partial charge in [-0.05, 0) is 6.42 Å². The zero-order valence-electron chi connectivity index (χ0n) is 6.82. The highest BCUT2D eigenvalue weighted by Crippen LogP contribution is 2.05. The van der Waals surface area contributed by atoms with E-state index in [2.05, 4.69) is 9.97 Å². The van der Waals surface area contributed by atoms with Crippen molar-refractivity contribution < 1.29 is 9.90 Å². The summed E-state index contributed by atoms with van der Waals surface area (Å²) >= 11 is 0. The molecule has 0 aliphatic rings. The molecular formula is C8H10N2O2. The zero-order valence-corrected chi connectivity index (χ0v) is 6.82. The summed E-state index contributed by atoms with van der Waals surface area (Å²) in [7, 11) is 0. The Kier molecular flexibility index (Phi) is 2.74. The summed E-state index contributed by atoms with van der Waals surface area (Å²) < 4.78 is 0. The van der Waals surface area contributed by atoms with Gasteiger partial charge in [0.2, 0.25) is 0 Å². The Bertz CT molecular complexity index is 286. The maximum atomic E-state index is 10.6. The summed E-state index contributed by atoms with van der Waals surface area (Å²) in [6, 6.07) is 0. The van der Waals surface area contributed by atoms with E-state index >= 15 is 0 Å². The number of aryl methyl sites for hydroxylation is 1. The predicted octanol–water partition coefficient (Wildman–Crippen LogP) is 1.13. The van der Waals surface area contributed by atoms with Crippen LogP contribution in [0, 0.1) is 0 Å². The average Bonchev–Trinajstić information content (AvgIpc) is 2.05. The van der Waals surface area contributed by atoms with Gasteiger partial charge in [-0.1, -0.05) is 13.3 Å². The van der Waals surface area contributed by atoms with E-state index in [1.165, 1.54) is 6.33 Å². The van der Waals surface area contributed by atoms with Crippen LogP contribution in [0.3, 0.4) is 0 Å². The SMILES string of the molecule is CCCc1cncnc1C(=O)O. The molecule has 0 bridgehead atoms. The molecule has 1 aromatic rings. The third-order valence-corrected chi connectivity index (χ3v) is 1.51. The molecule has 0 radical (unpaired) electrons. The van der Waals surface area contributed by atoms with E-state index in [4.69, 9.17) is 5.11 Å². The van der Waals surface area contributed by atoms with Gasteiger partial charge in [0.25, 0.3) is 0 Å². The van der Waals surface area contributed by atoms with Gasteiger partial charge in [0.15, 0.2) is 5.69 Å². The van der Waals surface area contributed by atoms with Gasteiger partial charge in [-0.25, -0.2) is 14.8 Å². The monoisotopic (exact) mass is 166 g/mol. The first-order valence-corrected chi connectivity index (χ1v) is 3.78. The number of hydrogen-bond donors (Lipinski definition) is 1. The fourth-order valence-corrected chi connectivity index (χ4v) is 1.00. The van der Waals surface area contributed by atoms with Crippen molar-refractivity contribution in [2.45, 2.75) is 19.8 Å². The van der Waals surface area contributed by atoms with Crippen LogP contribution in [0.5, 0.6) is 0 Å². The fraction of sp³-hybridized carbons (Fsp3) is 0.375. The molecule has 0 aromatic carbocycles. The number of aromatic nitrogens is 2. The molecule has 0 aliphatic carbocycles. The van der Waals surface area contributed by atoms with E-state index < -0.39 is 5.97 Å². The summed E-state index contributed by atoms with van der Waals surface area (Å²) in [5.74, 6) is -0.985. The van der Waals surface area contributed by atoms with Crippen LogP contribution in [0.25, 0.3) is 0 Å². The molecular weight excluding hydrogens is 156 g/mol. The molecule has 1 aromatic heterocycles. The van der Waals surface area contributed by atoms with Crippen molar-refractivity contribution in [3.63, 3.8) is 0 Å². The standard InChI is InChI=1S/C8H10N2O2/c1-2-3-6-4-9-5-10-7(6)8(11)12/h4-5H,2-3H2,1H3,(H,11,12). The zero-order chi connectivity index (χ0) is 8.97. The third-order valence-electron chi connectivity index (χ3n) is 1.51. The number of rotatable bonds is 3. The highest BCUT2D eigenvalue weighted by Gasteiger charge is 2.09. The highest BCUT2D eigenvalue weighted by molar-refractivity contribution is 5.86. The van der Waals surface area contributed by atoms with E-state index in [0.717, 1.165) is 6.42 Å². The maximum absolute atomic E-state index is 10.6. The van der Waals surface area contributed by atoms with Crippen LogP contribution in [0.2, 0.25) is 0 Å². The molecule has 4 heteroatoms. The molecule has 0 spiro atoms. The summed E-state index contributed by atoms with van der Waals surface area (Å²) in [4.78, 5) is 18.1. The molecule has 1 rings (SSSR count). The number of hydrogen-bond acceptors (Lipinski definition) is 3. The number of carboxylic acids is 1. The number of aromatic carboxylic acids is 1. The van der Waals surface area contributed by atoms with E-state index in [1.807, 2.05) is 6.92 Å². The Morgan fingerprint density at radius 1 is 1.67 bits per heavy atom. The number of carbonyl (C=O) groups is 1. The van der Waals surface area contributed by atoms with Crippen LogP contribution in [-0.2, 0) is 6.42 Å². The van der Waals surface area contributed by atoms with Crippen LogP contribution in [-0.4, -0.2) is 21.0 Å². The minimum atomic E-state index is -0.985. The molecule has 1 N–H and O–H groups in total.